The van der Waals surface area contributed by atoms with Gasteiger partial charge in [0, 0.05) is 11.1 Å². The van der Waals surface area contributed by atoms with Gasteiger partial charge in [0.15, 0.2) is 0 Å². The molecule has 0 aliphatic heterocycles. The van der Waals surface area contributed by atoms with E-state index in [0.717, 1.165) is 22.3 Å². The van der Waals surface area contributed by atoms with E-state index < -0.39 is 0 Å². The second-order valence-electron chi connectivity index (χ2n) is 7.63. The number of nitriles is 6. The Hall–Kier alpha value is -5.92. The molecule has 0 spiro atoms. The van der Waals surface area contributed by atoms with Crippen molar-refractivity contribution >= 4 is 11.1 Å². The van der Waals surface area contributed by atoms with Crippen LogP contribution < -0.4 is 0 Å². The van der Waals surface area contributed by atoms with Gasteiger partial charge in [0.25, 0.3) is 0 Å². The van der Waals surface area contributed by atoms with Crippen LogP contribution in [0.3, 0.4) is 0 Å². The zero-order valence-electron chi connectivity index (χ0n) is 17.3. The molecule has 0 fully saturated rings. The average molecular weight is 428 g/mol. The van der Waals surface area contributed by atoms with Gasteiger partial charge in [0.2, 0.25) is 0 Å². The van der Waals surface area contributed by atoms with E-state index in [0.29, 0.717) is 44.5 Å². The molecule has 3 aromatic carbocycles. The van der Waals surface area contributed by atoms with Crippen LogP contribution in [0.1, 0.15) is 33.4 Å². The maximum absolute atomic E-state index is 9.65. The van der Waals surface area contributed by atoms with Crippen molar-refractivity contribution in [3.05, 3.63) is 93.1 Å². The Kier molecular flexibility index (Phi) is 4.32. The van der Waals surface area contributed by atoms with E-state index in [1.165, 1.54) is 0 Å². The average Bonchev–Trinajstić information content (AvgIpc) is 3.36. The van der Waals surface area contributed by atoms with Crippen LogP contribution in [-0.4, -0.2) is 0 Å². The molecule has 0 unspecified atom stereocenters. The van der Waals surface area contributed by atoms with Crippen LogP contribution in [-0.2, 0) is 0 Å². The molecule has 0 atom stereocenters. The van der Waals surface area contributed by atoms with Crippen molar-refractivity contribution in [1.29, 1.82) is 31.6 Å². The van der Waals surface area contributed by atoms with Crippen molar-refractivity contribution in [3.8, 4) is 58.7 Å². The Labute approximate surface area is 194 Å². The van der Waals surface area contributed by atoms with E-state index in [1.807, 2.05) is 30.3 Å². The maximum atomic E-state index is 9.65. The Bertz CT molecular complexity index is 1650. The van der Waals surface area contributed by atoms with E-state index >= 15 is 0 Å². The molecule has 6 heteroatoms. The van der Waals surface area contributed by atoms with Crippen molar-refractivity contribution in [3.63, 3.8) is 0 Å². The summed E-state index contributed by atoms with van der Waals surface area (Å²) in [5, 5.41) is 57.4. The standard InChI is InChI=1S/C28H8N6/c29-9-15-1-3-19-21-7-22-20-4-2-16(10-30)6-24(20)28(18(13-33)14-34)26(22)8-25(21)27(23(19)5-15)17(11-31)12-32/h1-8H. The monoisotopic (exact) mass is 428 g/mol. The Morgan fingerprint density at radius 3 is 1.12 bits per heavy atom. The summed E-state index contributed by atoms with van der Waals surface area (Å²) in [6.45, 7) is 0. The normalized spacial score (nSPS) is 11.2. The second kappa shape index (κ2) is 7.34. The van der Waals surface area contributed by atoms with E-state index in [9.17, 15) is 31.6 Å². The van der Waals surface area contributed by atoms with Gasteiger partial charge in [-0.15, -0.1) is 0 Å². The Morgan fingerprint density at radius 2 is 0.765 bits per heavy atom. The second-order valence-corrected chi connectivity index (χ2v) is 7.63. The zero-order valence-corrected chi connectivity index (χ0v) is 17.3. The molecular weight excluding hydrogens is 420 g/mol. The molecule has 3 aromatic rings. The summed E-state index contributed by atoms with van der Waals surface area (Å²) in [5.41, 5.74) is 7.02. The highest BCUT2D eigenvalue weighted by molar-refractivity contribution is 6.11. The lowest BCUT2D eigenvalue weighted by Gasteiger charge is -2.08. The molecule has 2 aliphatic carbocycles. The SMILES string of the molecule is N#CC(C#N)=C1c2cc(C#N)ccc2-c2cc3c(cc21)C(=C(C#N)C#N)c1cc(C#N)ccc1-3. The predicted molar refractivity (Wildman–Crippen MR) is 121 cm³/mol. The fourth-order valence-corrected chi connectivity index (χ4v) is 4.67. The minimum absolute atomic E-state index is 0.0939. The molecule has 0 amide bonds. The molecule has 0 aromatic heterocycles. The molecule has 34 heavy (non-hydrogen) atoms. The van der Waals surface area contributed by atoms with Gasteiger partial charge in [-0.1, -0.05) is 12.1 Å². The number of allylic oxidation sites excluding steroid dienone is 2. The summed E-state index contributed by atoms with van der Waals surface area (Å²) >= 11 is 0. The van der Waals surface area contributed by atoms with Crippen LogP contribution in [0.2, 0.25) is 0 Å². The molecule has 150 valence electrons. The zero-order chi connectivity index (χ0) is 24.0. The first-order valence-corrected chi connectivity index (χ1v) is 9.97. The lowest BCUT2D eigenvalue weighted by molar-refractivity contribution is 1.45. The third kappa shape index (κ3) is 2.56. The van der Waals surface area contributed by atoms with Gasteiger partial charge in [0.1, 0.15) is 35.4 Å². The van der Waals surface area contributed by atoms with Gasteiger partial charge in [-0.3, -0.25) is 0 Å². The highest BCUT2D eigenvalue weighted by Crippen LogP contribution is 2.53. The lowest BCUT2D eigenvalue weighted by atomic mass is 9.93. The van der Waals surface area contributed by atoms with Crippen molar-refractivity contribution < 1.29 is 0 Å². The predicted octanol–water partition coefficient (Wildman–Crippen LogP) is 5.09. The molecule has 0 saturated heterocycles. The van der Waals surface area contributed by atoms with Crippen molar-refractivity contribution in [2.75, 3.05) is 0 Å². The largest absolute Gasteiger partial charge is 0.192 e. The van der Waals surface area contributed by atoms with E-state index in [1.54, 1.807) is 42.5 Å². The quantitative estimate of drug-likeness (QED) is 0.314. The van der Waals surface area contributed by atoms with Crippen molar-refractivity contribution in [1.82, 2.24) is 0 Å². The molecule has 0 heterocycles. The minimum atomic E-state index is -0.0939. The van der Waals surface area contributed by atoms with Crippen molar-refractivity contribution in [2.45, 2.75) is 0 Å². The number of nitrogens with zero attached hydrogens (tertiary/aromatic N) is 6. The number of hydrogen-bond donors (Lipinski definition) is 0. The molecule has 5 rings (SSSR count). The summed E-state index contributed by atoms with van der Waals surface area (Å²) < 4.78 is 0. The molecule has 0 bridgehead atoms. The van der Waals surface area contributed by atoms with E-state index in [2.05, 4.69) is 12.1 Å². The topological polar surface area (TPSA) is 143 Å². The molecule has 0 radical (unpaired) electrons. The van der Waals surface area contributed by atoms with Gasteiger partial charge in [0.05, 0.1) is 23.3 Å². The summed E-state index contributed by atoms with van der Waals surface area (Å²) in [7, 11) is 0. The van der Waals surface area contributed by atoms with Crippen LogP contribution in [0, 0.1) is 68.0 Å². The van der Waals surface area contributed by atoms with Crippen LogP contribution in [0.5, 0.6) is 0 Å². The number of benzene rings is 3. The summed E-state index contributed by atoms with van der Waals surface area (Å²) in [6, 6.07) is 26.0. The van der Waals surface area contributed by atoms with E-state index in [4.69, 9.17) is 0 Å². The van der Waals surface area contributed by atoms with Gasteiger partial charge < -0.3 is 0 Å². The number of rotatable bonds is 0. The summed E-state index contributed by atoms with van der Waals surface area (Å²) in [4.78, 5) is 0. The van der Waals surface area contributed by atoms with Gasteiger partial charge in [-0.25, -0.2) is 0 Å². The van der Waals surface area contributed by atoms with Gasteiger partial charge in [-0.05, 0) is 80.9 Å². The highest BCUT2D eigenvalue weighted by atomic mass is 14.4. The third-order valence-corrected chi connectivity index (χ3v) is 6.06. The maximum Gasteiger partial charge on any atom is 0.138 e. The Balaban J connectivity index is 1.94. The van der Waals surface area contributed by atoms with Crippen LogP contribution >= 0.6 is 0 Å². The summed E-state index contributed by atoms with van der Waals surface area (Å²) in [5.74, 6) is 0. The van der Waals surface area contributed by atoms with Gasteiger partial charge in [-0.2, -0.15) is 31.6 Å². The first kappa shape index (κ1) is 20.0. The smallest absolute Gasteiger partial charge is 0.138 e. The fourth-order valence-electron chi connectivity index (χ4n) is 4.67. The molecular formula is C28H8N6. The lowest BCUT2D eigenvalue weighted by Crippen LogP contribution is -1.92. The van der Waals surface area contributed by atoms with Crippen LogP contribution in [0.4, 0.5) is 0 Å². The molecule has 0 saturated carbocycles. The molecule has 2 aliphatic rings. The first-order valence-electron chi connectivity index (χ1n) is 9.97. The third-order valence-electron chi connectivity index (χ3n) is 6.06. The molecule has 0 N–H and O–H groups in total. The summed E-state index contributed by atoms with van der Waals surface area (Å²) in [6.07, 6.45) is 0. The highest BCUT2D eigenvalue weighted by Gasteiger charge is 2.33. The first-order chi connectivity index (χ1) is 16.6. The van der Waals surface area contributed by atoms with Crippen molar-refractivity contribution in [2.24, 2.45) is 0 Å². The van der Waals surface area contributed by atoms with Gasteiger partial charge >= 0.3 is 0 Å². The minimum Gasteiger partial charge on any atom is -0.192 e. The molecule has 6 nitrogen and oxygen atoms in total. The van der Waals surface area contributed by atoms with Crippen LogP contribution in [0.25, 0.3) is 33.4 Å². The Morgan fingerprint density at radius 1 is 0.412 bits per heavy atom. The number of hydrogen-bond acceptors (Lipinski definition) is 6. The fraction of sp³-hybridized carbons (Fsp3) is 0. The van der Waals surface area contributed by atoms with E-state index in [-0.39, 0.29) is 11.1 Å². The number of fused-ring (bicyclic) bond motifs is 6. The van der Waals surface area contributed by atoms with Crippen LogP contribution in [0.15, 0.2) is 59.7 Å².